The van der Waals surface area contributed by atoms with E-state index < -0.39 is 5.97 Å². The summed E-state index contributed by atoms with van der Waals surface area (Å²) in [5.74, 6) is -0.577. The third kappa shape index (κ3) is 4.14. The second-order valence-electron chi connectivity index (χ2n) is 6.11. The second kappa shape index (κ2) is 6.85. The number of hydrogen-bond donors (Lipinski definition) is 1. The number of piperidine rings is 1. The summed E-state index contributed by atoms with van der Waals surface area (Å²) in [6.45, 7) is 5.84. The molecule has 21 heavy (non-hydrogen) atoms. The van der Waals surface area contributed by atoms with Gasteiger partial charge in [0.2, 0.25) is 0 Å². The van der Waals surface area contributed by atoms with E-state index in [1.54, 1.807) is 0 Å². The van der Waals surface area contributed by atoms with Gasteiger partial charge in [0.1, 0.15) is 0 Å². The maximum Gasteiger partial charge on any atom is 0.307 e. The van der Waals surface area contributed by atoms with Crippen LogP contribution in [-0.4, -0.2) is 41.4 Å². The highest BCUT2D eigenvalue weighted by Crippen LogP contribution is 2.18. The number of Topliss-reactive ketones (excluding diaryl/α,β-unsaturated/α-hetero) is 1. The fourth-order valence-corrected chi connectivity index (χ4v) is 2.75. The SMILES string of the molecule is CC(C)c1ccc(C(=O)CN2CCCC(C(=O)O)C2)cc1. The molecule has 114 valence electrons. The number of rotatable bonds is 5. The first-order valence-corrected chi connectivity index (χ1v) is 7.55. The van der Waals surface area contributed by atoms with E-state index in [0.717, 1.165) is 13.0 Å². The van der Waals surface area contributed by atoms with Crippen LogP contribution in [0.1, 0.15) is 48.5 Å². The molecule has 1 heterocycles. The third-order valence-electron chi connectivity index (χ3n) is 4.12. The van der Waals surface area contributed by atoms with Crippen LogP contribution in [0.25, 0.3) is 0 Å². The van der Waals surface area contributed by atoms with Crippen LogP contribution in [0.3, 0.4) is 0 Å². The summed E-state index contributed by atoms with van der Waals surface area (Å²) >= 11 is 0. The van der Waals surface area contributed by atoms with Crippen molar-refractivity contribution in [3.8, 4) is 0 Å². The number of likely N-dealkylation sites (tertiary alicyclic amines) is 1. The van der Waals surface area contributed by atoms with Gasteiger partial charge < -0.3 is 5.11 Å². The summed E-state index contributed by atoms with van der Waals surface area (Å²) in [4.78, 5) is 25.3. The normalized spacial score (nSPS) is 19.7. The van der Waals surface area contributed by atoms with Crippen molar-refractivity contribution in [3.05, 3.63) is 35.4 Å². The number of benzene rings is 1. The first kappa shape index (κ1) is 15.7. The predicted octanol–water partition coefficient (Wildman–Crippen LogP) is 2.79. The van der Waals surface area contributed by atoms with E-state index in [9.17, 15) is 9.59 Å². The number of carbonyl (C=O) groups excluding carboxylic acids is 1. The Hall–Kier alpha value is -1.68. The van der Waals surface area contributed by atoms with Crippen molar-refractivity contribution in [3.63, 3.8) is 0 Å². The quantitative estimate of drug-likeness (QED) is 0.847. The first-order valence-electron chi connectivity index (χ1n) is 7.55. The van der Waals surface area contributed by atoms with Crippen LogP contribution in [0.15, 0.2) is 24.3 Å². The molecule has 1 unspecified atom stereocenters. The molecule has 1 aliphatic rings. The number of carbonyl (C=O) groups is 2. The number of ketones is 1. The molecular formula is C17H23NO3. The summed E-state index contributed by atoms with van der Waals surface area (Å²) in [7, 11) is 0. The van der Waals surface area contributed by atoms with E-state index in [0.29, 0.717) is 31.0 Å². The van der Waals surface area contributed by atoms with E-state index in [4.69, 9.17) is 5.11 Å². The standard InChI is InChI=1S/C17H23NO3/c1-12(2)13-5-7-14(8-6-13)16(19)11-18-9-3-4-15(10-18)17(20)21/h5-8,12,15H,3-4,9-11H2,1-2H3,(H,20,21). The van der Waals surface area contributed by atoms with Crippen LogP contribution >= 0.6 is 0 Å². The Kier molecular flexibility index (Phi) is 5.12. The average molecular weight is 289 g/mol. The van der Waals surface area contributed by atoms with E-state index in [1.165, 1.54) is 5.56 Å². The van der Waals surface area contributed by atoms with Crippen molar-refractivity contribution in [2.45, 2.75) is 32.6 Å². The summed E-state index contributed by atoms with van der Waals surface area (Å²) in [5, 5.41) is 9.08. The maximum atomic E-state index is 12.3. The topological polar surface area (TPSA) is 57.6 Å². The van der Waals surface area contributed by atoms with Gasteiger partial charge in [-0.25, -0.2) is 0 Å². The Morgan fingerprint density at radius 1 is 1.29 bits per heavy atom. The largest absolute Gasteiger partial charge is 0.481 e. The lowest BCUT2D eigenvalue weighted by Gasteiger charge is -2.29. The van der Waals surface area contributed by atoms with Crippen LogP contribution < -0.4 is 0 Å². The fourth-order valence-electron chi connectivity index (χ4n) is 2.75. The van der Waals surface area contributed by atoms with Crippen molar-refractivity contribution >= 4 is 11.8 Å². The number of nitrogens with zero attached hydrogens (tertiary/aromatic N) is 1. The van der Waals surface area contributed by atoms with Gasteiger partial charge in [0.05, 0.1) is 12.5 Å². The molecule has 0 amide bonds. The molecule has 1 atom stereocenters. The van der Waals surface area contributed by atoms with Crippen molar-refractivity contribution in [2.24, 2.45) is 5.92 Å². The van der Waals surface area contributed by atoms with Gasteiger partial charge in [-0.1, -0.05) is 38.1 Å². The zero-order valence-corrected chi connectivity index (χ0v) is 12.7. The van der Waals surface area contributed by atoms with Crippen LogP contribution in [0.2, 0.25) is 0 Å². The lowest BCUT2D eigenvalue weighted by Crippen LogP contribution is -2.41. The van der Waals surface area contributed by atoms with E-state index in [1.807, 2.05) is 29.2 Å². The maximum absolute atomic E-state index is 12.3. The van der Waals surface area contributed by atoms with Crippen molar-refractivity contribution in [2.75, 3.05) is 19.6 Å². The molecule has 1 aliphatic heterocycles. The highest BCUT2D eigenvalue weighted by atomic mass is 16.4. The average Bonchev–Trinajstić information content (AvgIpc) is 2.47. The van der Waals surface area contributed by atoms with Crippen LogP contribution in [-0.2, 0) is 4.79 Å². The fraction of sp³-hybridized carbons (Fsp3) is 0.529. The summed E-state index contributed by atoms with van der Waals surface area (Å²) in [5.41, 5.74) is 1.92. The van der Waals surface area contributed by atoms with Crippen molar-refractivity contribution in [1.29, 1.82) is 0 Å². The monoisotopic (exact) mass is 289 g/mol. The number of aliphatic carboxylic acids is 1. The van der Waals surface area contributed by atoms with Crippen LogP contribution in [0.5, 0.6) is 0 Å². The van der Waals surface area contributed by atoms with Gasteiger partial charge in [0.25, 0.3) is 0 Å². The highest BCUT2D eigenvalue weighted by Gasteiger charge is 2.26. The molecule has 1 N–H and O–H groups in total. The van der Waals surface area contributed by atoms with E-state index in [-0.39, 0.29) is 11.7 Å². The van der Waals surface area contributed by atoms with Gasteiger partial charge in [-0.2, -0.15) is 0 Å². The molecule has 0 spiro atoms. The Bertz CT molecular complexity index is 507. The summed E-state index contributed by atoms with van der Waals surface area (Å²) in [6, 6.07) is 7.73. The Balaban J connectivity index is 1.96. The lowest BCUT2D eigenvalue weighted by atomic mass is 9.97. The molecule has 0 saturated carbocycles. The van der Waals surface area contributed by atoms with Gasteiger partial charge in [-0.15, -0.1) is 0 Å². The highest BCUT2D eigenvalue weighted by molar-refractivity contribution is 5.97. The zero-order valence-electron chi connectivity index (χ0n) is 12.7. The Morgan fingerprint density at radius 2 is 1.95 bits per heavy atom. The van der Waals surface area contributed by atoms with E-state index >= 15 is 0 Å². The number of carboxylic acid groups (broad SMARTS) is 1. The van der Waals surface area contributed by atoms with Gasteiger partial charge in [0, 0.05) is 12.1 Å². The lowest BCUT2D eigenvalue weighted by molar-refractivity contribution is -0.143. The molecule has 4 nitrogen and oxygen atoms in total. The minimum Gasteiger partial charge on any atom is -0.481 e. The first-order chi connectivity index (χ1) is 9.97. The smallest absolute Gasteiger partial charge is 0.307 e. The number of hydrogen-bond acceptors (Lipinski definition) is 3. The van der Waals surface area contributed by atoms with Crippen LogP contribution in [0.4, 0.5) is 0 Å². The van der Waals surface area contributed by atoms with Gasteiger partial charge >= 0.3 is 5.97 Å². The molecule has 1 fully saturated rings. The minimum atomic E-state index is -0.756. The molecule has 0 aromatic heterocycles. The molecule has 1 aromatic rings. The molecule has 2 rings (SSSR count). The summed E-state index contributed by atoms with van der Waals surface area (Å²) in [6.07, 6.45) is 1.56. The molecule has 1 saturated heterocycles. The predicted molar refractivity (Wildman–Crippen MR) is 81.7 cm³/mol. The zero-order chi connectivity index (χ0) is 15.4. The Morgan fingerprint density at radius 3 is 2.52 bits per heavy atom. The Labute approximate surface area is 125 Å². The second-order valence-corrected chi connectivity index (χ2v) is 6.11. The van der Waals surface area contributed by atoms with Gasteiger partial charge in [0.15, 0.2) is 5.78 Å². The minimum absolute atomic E-state index is 0.0661. The molecule has 1 aromatic carbocycles. The van der Waals surface area contributed by atoms with Gasteiger partial charge in [-0.05, 0) is 30.9 Å². The summed E-state index contributed by atoms with van der Waals surface area (Å²) < 4.78 is 0. The molecule has 0 radical (unpaired) electrons. The van der Waals surface area contributed by atoms with Crippen molar-refractivity contribution in [1.82, 2.24) is 4.90 Å². The molecule has 0 bridgehead atoms. The van der Waals surface area contributed by atoms with E-state index in [2.05, 4.69) is 13.8 Å². The third-order valence-corrected chi connectivity index (χ3v) is 4.12. The number of carboxylic acids is 1. The van der Waals surface area contributed by atoms with Gasteiger partial charge in [-0.3, -0.25) is 14.5 Å². The molecule has 0 aliphatic carbocycles. The molecule has 4 heteroatoms. The van der Waals surface area contributed by atoms with Crippen molar-refractivity contribution < 1.29 is 14.7 Å². The van der Waals surface area contributed by atoms with Crippen LogP contribution in [0, 0.1) is 5.92 Å². The molecular weight excluding hydrogens is 266 g/mol.